The minimum Gasteiger partial charge on any atom is -0.453 e. The molecule has 0 amide bonds. The first-order chi connectivity index (χ1) is 30.2. The first-order valence-corrected chi connectivity index (χ1v) is 25.7. The maximum absolute atomic E-state index is 7.91. The molecule has 61 heavy (non-hydrogen) atoms. The second kappa shape index (κ2) is 17.0. The maximum Gasteiger partial charge on any atom is 0.193 e. The fourth-order valence-electron chi connectivity index (χ4n) is 9.62. The van der Waals surface area contributed by atoms with Crippen LogP contribution in [-0.4, -0.2) is 18.1 Å². The molecule has 2 unspecified atom stereocenters. The van der Waals surface area contributed by atoms with Crippen molar-refractivity contribution in [3.63, 3.8) is 0 Å². The Hall–Kier alpha value is -6.89. The van der Waals surface area contributed by atoms with Crippen LogP contribution in [0.4, 0.5) is 0 Å². The monoisotopic (exact) mass is 814 g/mol. The highest BCUT2D eigenvalue weighted by molar-refractivity contribution is 6.83. The maximum atomic E-state index is 7.91. The molecule has 292 valence electrons. The van der Waals surface area contributed by atoms with Crippen molar-refractivity contribution in [2.45, 2.75) is 13.1 Å². The topological polar surface area (TPSA) is 9.23 Å². The molecule has 10 aromatic rings. The van der Waals surface area contributed by atoms with Crippen LogP contribution in [0.2, 0.25) is 13.1 Å². The van der Waals surface area contributed by atoms with Crippen molar-refractivity contribution in [3.05, 3.63) is 231 Å². The molecule has 0 saturated carbocycles. The van der Waals surface area contributed by atoms with Crippen molar-refractivity contribution in [3.8, 4) is 66.8 Å². The van der Waals surface area contributed by atoms with Crippen LogP contribution in [0.1, 0.15) is 0 Å². The lowest BCUT2D eigenvalue weighted by molar-refractivity contribution is 0.622. The van der Waals surface area contributed by atoms with Gasteiger partial charge in [-0.25, -0.2) is 0 Å². The average molecular weight is 815 g/mol. The third kappa shape index (κ3) is 7.17. The Labute approximate surface area is 362 Å². The van der Waals surface area contributed by atoms with E-state index in [1.807, 2.05) is 0 Å². The van der Waals surface area contributed by atoms with Crippen LogP contribution in [0.25, 0.3) is 88.3 Å². The summed E-state index contributed by atoms with van der Waals surface area (Å²) < 4.78 is 7.91. The Kier molecular flexibility index (Phi) is 10.7. The zero-order chi connectivity index (χ0) is 41.1. The van der Waals surface area contributed by atoms with E-state index in [0.29, 0.717) is 0 Å². The van der Waals surface area contributed by atoms with E-state index in [-0.39, 0.29) is 0 Å². The number of rotatable bonds is 10. The van der Waals surface area contributed by atoms with Crippen molar-refractivity contribution in [1.29, 1.82) is 0 Å². The third-order valence-electron chi connectivity index (χ3n) is 12.1. The van der Waals surface area contributed by atoms with Gasteiger partial charge in [-0.1, -0.05) is 231 Å². The lowest BCUT2D eigenvalue weighted by Crippen LogP contribution is -2.43. The Bertz CT molecular complexity index is 2890. The van der Waals surface area contributed by atoms with Crippen LogP contribution < -0.4 is 10.4 Å². The van der Waals surface area contributed by atoms with Crippen LogP contribution in [0.5, 0.6) is 0 Å². The van der Waals surface area contributed by atoms with E-state index in [9.17, 15) is 0 Å². The first-order valence-electron chi connectivity index (χ1n) is 21.3. The lowest BCUT2D eigenvalue weighted by Gasteiger charge is -2.30. The predicted octanol–water partition coefficient (Wildman–Crippen LogP) is 13.8. The largest absolute Gasteiger partial charge is 0.453 e. The number of fused-ring (bicyclic) bond motifs is 2. The molecule has 0 spiro atoms. The van der Waals surface area contributed by atoms with Gasteiger partial charge in [0.05, 0.1) is 0 Å². The highest BCUT2D eigenvalue weighted by Gasteiger charge is 2.31. The van der Waals surface area contributed by atoms with E-state index in [1.54, 1.807) is 0 Å². The second-order valence-electron chi connectivity index (χ2n) is 15.8. The summed E-state index contributed by atoms with van der Waals surface area (Å²) in [7, 11) is -4.42. The van der Waals surface area contributed by atoms with Gasteiger partial charge in [-0.05, 0) is 112 Å². The molecule has 3 heteroatoms. The molecule has 0 fully saturated rings. The van der Waals surface area contributed by atoms with Gasteiger partial charge < -0.3 is 4.12 Å². The summed E-state index contributed by atoms with van der Waals surface area (Å²) in [6, 6.07) is 84.0. The molecule has 0 aromatic heterocycles. The molecule has 0 N–H and O–H groups in total. The molecular weight excluding hydrogens is 769 g/mol. The van der Waals surface area contributed by atoms with Crippen LogP contribution >= 0.6 is 0 Å². The third-order valence-corrected chi connectivity index (χ3v) is 18.2. The van der Waals surface area contributed by atoms with Gasteiger partial charge in [-0.2, -0.15) is 0 Å². The van der Waals surface area contributed by atoms with Gasteiger partial charge in [0.1, 0.15) is 0 Å². The quantitative estimate of drug-likeness (QED) is 0.125. The molecule has 2 atom stereocenters. The minimum absolute atomic E-state index is 1.21. The fraction of sp³-hybridized carbons (Fsp3) is 0.0345. The molecule has 0 aliphatic heterocycles. The molecule has 0 aliphatic carbocycles. The van der Waals surface area contributed by atoms with Gasteiger partial charge in [-0.3, -0.25) is 0 Å². The van der Waals surface area contributed by atoms with E-state index in [2.05, 4.69) is 244 Å². The van der Waals surface area contributed by atoms with E-state index in [0.717, 1.165) is 0 Å². The first kappa shape index (κ1) is 38.3. The lowest BCUT2D eigenvalue weighted by atomic mass is 9.84. The van der Waals surface area contributed by atoms with Crippen LogP contribution in [0, 0.1) is 0 Å². The minimum atomic E-state index is -2.21. The number of hydrogen-bond donors (Lipinski definition) is 0. The molecule has 0 bridgehead atoms. The van der Waals surface area contributed by atoms with Crippen LogP contribution in [0.3, 0.4) is 0 Å². The highest BCUT2D eigenvalue weighted by Crippen LogP contribution is 2.46. The molecular formula is C58H46OSi2. The van der Waals surface area contributed by atoms with Gasteiger partial charge in [0.15, 0.2) is 18.1 Å². The van der Waals surface area contributed by atoms with Gasteiger partial charge in [0.25, 0.3) is 0 Å². The van der Waals surface area contributed by atoms with E-state index < -0.39 is 18.1 Å². The second-order valence-corrected chi connectivity index (χ2v) is 20.6. The molecule has 10 rings (SSSR count). The Balaban J connectivity index is 1.26. The Morgan fingerprint density at radius 2 is 0.443 bits per heavy atom. The van der Waals surface area contributed by atoms with Gasteiger partial charge in [-0.15, -0.1) is 0 Å². The number of benzene rings is 10. The SMILES string of the molecule is C[SiH](O[SiH](C)c1c(-c2ccccc2)c(-c2ccccc2)c(-c2ccccc2)c2ccccc12)c1c(-c2ccccc2)c(-c2ccccc2)c(-c2ccccc2)c2ccccc12. The smallest absolute Gasteiger partial charge is 0.193 e. The van der Waals surface area contributed by atoms with Crippen molar-refractivity contribution in [2.24, 2.45) is 0 Å². The van der Waals surface area contributed by atoms with Gasteiger partial charge in [0, 0.05) is 0 Å². The number of hydrogen-bond acceptors (Lipinski definition) is 1. The van der Waals surface area contributed by atoms with Crippen molar-refractivity contribution in [2.75, 3.05) is 0 Å². The summed E-state index contributed by atoms with van der Waals surface area (Å²) in [4.78, 5) is 0. The summed E-state index contributed by atoms with van der Waals surface area (Å²) in [6.45, 7) is 4.85. The zero-order valence-electron chi connectivity index (χ0n) is 34.5. The van der Waals surface area contributed by atoms with Crippen molar-refractivity contribution < 1.29 is 4.12 Å². The van der Waals surface area contributed by atoms with Gasteiger partial charge in [0.2, 0.25) is 0 Å². The molecule has 1 nitrogen and oxygen atoms in total. The van der Waals surface area contributed by atoms with Crippen molar-refractivity contribution >= 4 is 50.0 Å². The fourth-order valence-corrected chi connectivity index (χ4v) is 16.0. The predicted molar refractivity (Wildman–Crippen MR) is 267 cm³/mol. The van der Waals surface area contributed by atoms with Crippen LogP contribution in [-0.2, 0) is 4.12 Å². The Morgan fingerprint density at radius 1 is 0.230 bits per heavy atom. The van der Waals surface area contributed by atoms with E-state index in [1.165, 1.54) is 98.7 Å². The Morgan fingerprint density at radius 3 is 0.721 bits per heavy atom. The molecule has 0 radical (unpaired) electrons. The average Bonchev–Trinajstić information content (AvgIpc) is 3.34. The van der Waals surface area contributed by atoms with E-state index >= 15 is 0 Å². The zero-order valence-corrected chi connectivity index (χ0v) is 36.8. The molecule has 0 aliphatic rings. The van der Waals surface area contributed by atoms with Crippen LogP contribution in [0.15, 0.2) is 231 Å². The van der Waals surface area contributed by atoms with E-state index in [4.69, 9.17) is 4.12 Å². The highest BCUT2D eigenvalue weighted by atomic mass is 28.4. The molecule has 10 aromatic carbocycles. The summed E-state index contributed by atoms with van der Waals surface area (Å²) in [6.07, 6.45) is 0. The standard InChI is InChI=1S/C58H46OSi2/c1-60(57-49-39-23-21-37-47(49)51(41-25-9-3-10-26-41)53(43-29-13-5-14-30-43)55(57)45-33-17-7-18-34-45)59-61(2)58-50-40-24-22-38-48(50)52(42-27-11-4-12-28-42)54(44-31-15-6-16-32-44)56(58)46-35-19-8-20-36-46/h3-40,60-61H,1-2H3. The normalized spacial score (nSPS) is 12.4. The summed E-state index contributed by atoms with van der Waals surface area (Å²) in [5, 5.41) is 7.78. The van der Waals surface area contributed by atoms with Crippen molar-refractivity contribution in [1.82, 2.24) is 0 Å². The summed E-state index contributed by atoms with van der Waals surface area (Å²) in [5.41, 5.74) is 14.9. The summed E-state index contributed by atoms with van der Waals surface area (Å²) in [5.74, 6) is 0. The molecule has 0 saturated heterocycles. The van der Waals surface area contributed by atoms with Gasteiger partial charge >= 0.3 is 0 Å². The summed E-state index contributed by atoms with van der Waals surface area (Å²) >= 11 is 0. The molecule has 0 heterocycles.